The average molecular weight is 278 g/mol. The summed E-state index contributed by atoms with van der Waals surface area (Å²) in [6.45, 7) is 2.01. The van der Waals surface area contributed by atoms with Gasteiger partial charge in [-0.25, -0.2) is 4.39 Å². The second kappa shape index (κ2) is 4.81. The molecule has 0 fully saturated rings. The Bertz CT molecular complexity index is 371. The SMILES string of the molecule is COc1cc(O)c(C(C)CN)c(F)c1Br. The smallest absolute Gasteiger partial charge is 0.148 e. The van der Waals surface area contributed by atoms with Gasteiger partial charge in [-0.05, 0) is 28.4 Å². The second-order valence-electron chi connectivity index (χ2n) is 3.28. The van der Waals surface area contributed by atoms with Gasteiger partial charge in [-0.1, -0.05) is 6.92 Å². The third-order valence-electron chi connectivity index (χ3n) is 2.26. The largest absolute Gasteiger partial charge is 0.507 e. The summed E-state index contributed by atoms with van der Waals surface area (Å²) in [5.41, 5.74) is 5.65. The summed E-state index contributed by atoms with van der Waals surface area (Å²) in [4.78, 5) is 0. The van der Waals surface area contributed by atoms with Gasteiger partial charge in [0.1, 0.15) is 17.3 Å². The molecular formula is C10H13BrFNO2. The molecule has 0 bridgehead atoms. The summed E-state index contributed by atoms with van der Waals surface area (Å²) in [5, 5.41) is 9.63. The molecule has 0 heterocycles. The van der Waals surface area contributed by atoms with Crippen LogP contribution >= 0.6 is 15.9 Å². The van der Waals surface area contributed by atoms with E-state index in [4.69, 9.17) is 10.5 Å². The summed E-state index contributed by atoms with van der Waals surface area (Å²) in [6, 6.07) is 1.37. The maximum atomic E-state index is 13.8. The van der Waals surface area contributed by atoms with E-state index in [1.54, 1.807) is 6.92 Å². The zero-order chi connectivity index (χ0) is 11.6. The van der Waals surface area contributed by atoms with E-state index in [1.165, 1.54) is 13.2 Å². The van der Waals surface area contributed by atoms with Crippen molar-refractivity contribution in [2.24, 2.45) is 5.73 Å². The van der Waals surface area contributed by atoms with E-state index in [2.05, 4.69) is 15.9 Å². The van der Waals surface area contributed by atoms with Gasteiger partial charge in [0.15, 0.2) is 0 Å². The van der Waals surface area contributed by atoms with Crippen molar-refractivity contribution in [1.29, 1.82) is 0 Å². The fourth-order valence-corrected chi connectivity index (χ4v) is 1.83. The lowest BCUT2D eigenvalue weighted by atomic mass is 9.99. The minimum Gasteiger partial charge on any atom is -0.507 e. The predicted octanol–water partition coefficient (Wildman–Crippen LogP) is 2.36. The van der Waals surface area contributed by atoms with Crippen LogP contribution in [-0.4, -0.2) is 18.8 Å². The zero-order valence-electron chi connectivity index (χ0n) is 8.55. The number of rotatable bonds is 3. The van der Waals surface area contributed by atoms with Crippen molar-refractivity contribution in [2.75, 3.05) is 13.7 Å². The molecule has 15 heavy (non-hydrogen) atoms. The fraction of sp³-hybridized carbons (Fsp3) is 0.400. The van der Waals surface area contributed by atoms with Crippen molar-refractivity contribution in [2.45, 2.75) is 12.8 Å². The van der Waals surface area contributed by atoms with Gasteiger partial charge in [-0.15, -0.1) is 0 Å². The molecular weight excluding hydrogens is 265 g/mol. The van der Waals surface area contributed by atoms with E-state index >= 15 is 0 Å². The number of phenolic OH excluding ortho intramolecular Hbond substituents is 1. The van der Waals surface area contributed by atoms with Gasteiger partial charge in [0.25, 0.3) is 0 Å². The Morgan fingerprint density at radius 1 is 1.67 bits per heavy atom. The summed E-state index contributed by atoms with van der Waals surface area (Å²) in [6.07, 6.45) is 0. The average Bonchev–Trinajstić information content (AvgIpc) is 2.23. The lowest BCUT2D eigenvalue weighted by Crippen LogP contribution is -2.11. The Hall–Kier alpha value is -0.810. The van der Waals surface area contributed by atoms with Crippen LogP contribution in [0.25, 0.3) is 0 Å². The highest BCUT2D eigenvalue weighted by Gasteiger charge is 2.20. The van der Waals surface area contributed by atoms with Crippen LogP contribution in [0.3, 0.4) is 0 Å². The summed E-state index contributed by atoms with van der Waals surface area (Å²) >= 11 is 3.07. The number of hydrogen-bond donors (Lipinski definition) is 2. The molecule has 0 saturated carbocycles. The molecule has 3 N–H and O–H groups in total. The van der Waals surface area contributed by atoms with Gasteiger partial charge in [0.05, 0.1) is 11.6 Å². The van der Waals surface area contributed by atoms with Crippen molar-refractivity contribution in [3.63, 3.8) is 0 Å². The first-order valence-electron chi connectivity index (χ1n) is 4.47. The third-order valence-corrected chi connectivity index (χ3v) is 2.99. The molecule has 0 amide bonds. The molecule has 3 nitrogen and oxygen atoms in total. The molecule has 1 atom stereocenters. The number of phenols is 1. The highest BCUT2D eigenvalue weighted by atomic mass is 79.9. The van der Waals surface area contributed by atoms with Gasteiger partial charge in [-0.2, -0.15) is 0 Å². The molecule has 1 unspecified atom stereocenters. The van der Waals surface area contributed by atoms with E-state index in [0.717, 1.165) is 0 Å². The van der Waals surface area contributed by atoms with Crippen LogP contribution in [0.2, 0.25) is 0 Å². The van der Waals surface area contributed by atoms with Crippen molar-refractivity contribution in [1.82, 2.24) is 0 Å². The standard InChI is InChI=1S/C10H13BrFNO2/c1-5(4-13)8-6(14)3-7(15-2)9(11)10(8)12/h3,5,14H,4,13H2,1-2H3. The van der Waals surface area contributed by atoms with Crippen molar-refractivity contribution in [3.8, 4) is 11.5 Å². The molecule has 1 aromatic carbocycles. The highest BCUT2D eigenvalue weighted by molar-refractivity contribution is 9.10. The monoisotopic (exact) mass is 277 g/mol. The van der Waals surface area contributed by atoms with E-state index in [0.29, 0.717) is 0 Å². The van der Waals surface area contributed by atoms with Crippen LogP contribution in [0.15, 0.2) is 10.5 Å². The maximum Gasteiger partial charge on any atom is 0.148 e. The number of aromatic hydroxyl groups is 1. The van der Waals surface area contributed by atoms with Crippen molar-refractivity contribution in [3.05, 3.63) is 21.9 Å². The first kappa shape index (κ1) is 12.3. The lowest BCUT2D eigenvalue weighted by molar-refractivity contribution is 0.394. The van der Waals surface area contributed by atoms with Gasteiger partial charge in [0.2, 0.25) is 0 Å². The number of nitrogens with two attached hydrogens (primary N) is 1. The third kappa shape index (κ3) is 2.23. The van der Waals surface area contributed by atoms with Crippen LogP contribution in [0, 0.1) is 5.82 Å². The van der Waals surface area contributed by atoms with Crippen molar-refractivity contribution < 1.29 is 14.2 Å². The molecule has 0 aliphatic heterocycles. The first-order valence-corrected chi connectivity index (χ1v) is 5.27. The summed E-state index contributed by atoms with van der Waals surface area (Å²) in [7, 11) is 1.41. The molecule has 1 aromatic rings. The van der Waals surface area contributed by atoms with Crippen LogP contribution in [-0.2, 0) is 0 Å². The molecule has 1 rings (SSSR count). The van der Waals surface area contributed by atoms with Crippen LogP contribution in [0.1, 0.15) is 18.4 Å². The Morgan fingerprint density at radius 2 is 2.27 bits per heavy atom. The topological polar surface area (TPSA) is 55.5 Å². The van der Waals surface area contributed by atoms with Crippen molar-refractivity contribution >= 4 is 15.9 Å². The molecule has 5 heteroatoms. The number of ether oxygens (including phenoxy) is 1. The minimum atomic E-state index is -0.523. The number of halogens is 2. The summed E-state index contributed by atoms with van der Waals surface area (Å²) < 4.78 is 18.9. The van der Waals surface area contributed by atoms with Crippen LogP contribution < -0.4 is 10.5 Å². The van der Waals surface area contributed by atoms with Crippen LogP contribution in [0.4, 0.5) is 4.39 Å². The van der Waals surface area contributed by atoms with E-state index < -0.39 is 5.82 Å². The summed E-state index contributed by atoms with van der Waals surface area (Å²) in [5.74, 6) is -0.638. The Kier molecular flexibility index (Phi) is 3.93. The van der Waals surface area contributed by atoms with Crippen LogP contribution in [0.5, 0.6) is 11.5 Å². The molecule has 0 aliphatic rings. The van der Waals surface area contributed by atoms with E-state index in [1.807, 2.05) is 0 Å². The van der Waals surface area contributed by atoms with E-state index in [-0.39, 0.29) is 34.0 Å². The molecule has 0 spiro atoms. The number of hydrogen-bond acceptors (Lipinski definition) is 3. The molecule has 0 aliphatic carbocycles. The van der Waals surface area contributed by atoms with Gasteiger partial charge >= 0.3 is 0 Å². The van der Waals surface area contributed by atoms with Gasteiger partial charge < -0.3 is 15.6 Å². The first-order chi connectivity index (χ1) is 7.02. The normalized spacial score (nSPS) is 12.6. The Morgan fingerprint density at radius 3 is 2.73 bits per heavy atom. The Balaban J connectivity index is 3.35. The quantitative estimate of drug-likeness (QED) is 0.892. The Labute approximate surface area is 96.2 Å². The molecule has 0 aromatic heterocycles. The maximum absolute atomic E-state index is 13.8. The van der Waals surface area contributed by atoms with E-state index in [9.17, 15) is 9.50 Å². The lowest BCUT2D eigenvalue weighted by Gasteiger charge is -2.15. The predicted molar refractivity (Wildman–Crippen MR) is 59.8 cm³/mol. The second-order valence-corrected chi connectivity index (χ2v) is 4.07. The van der Waals surface area contributed by atoms with Gasteiger partial charge in [0, 0.05) is 11.6 Å². The fourth-order valence-electron chi connectivity index (χ4n) is 1.34. The number of benzene rings is 1. The molecule has 0 radical (unpaired) electrons. The zero-order valence-corrected chi connectivity index (χ0v) is 10.1. The van der Waals surface area contributed by atoms with Gasteiger partial charge in [-0.3, -0.25) is 0 Å². The molecule has 84 valence electrons. The molecule has 0 saturated heterocycles. The highest BCUT2D eigenvalue weighted by Crippen LogP contribution is 2.38. The minimum absolute atomic E-state index is 0.134. The number of methoxy groups -OCH3 is 1.